The monoisotopic (exact) mass is 442 g/mol. The Kier molecular flexibility index (Phi) is 4.89. The molecule has 34 heavy (non-hydrogen) atoms. The molecule has 162 valence electrons. The van der Waals surface area contributed by atoms with Gasteiger partial charge in [0, 0.05) is 35.1 Å². The van der Waals surface area contributed by atoms with Gasteiger partial charge >= 0.3 is 0 Å². The Hall–Kier alpha value is -4.88. The van der Waals surface area contributed by atoms with Crippen LogP contribution in [0.3, 0.4) is 0 Å². The number of rotatable bonds is 3. The van der Waals surface area contributed by atoms with Crippen LogP contribution in [0.15, 0.2) is 77.9 Å². The van der Waals surface area contributed by atoms with Crippen LogP contribution in [-0.4, -0.2) is 19.5 Å². The second kappa shape index (κ2) is 7.91. The van der Waals surface area contributed by atoms with E-state index in [0.717, 1.165) is 16.5 Å². The van der Waals surface area contributed by atoms with Crippen LogP contribution in [0.5, 0.6) is 0 Å². The van der Waals surface area contributed by atoms with E-state index in [1.807, 2.05) is 56.3 Å². The van der Waals surface area contributed by atoms with Crippen molar-refractivity contribution in [1.29, 1.82) is 10.5 Å². The fourth-order valence-electron chi connectivity index (χ4n) is 3.89. The van der Waals surface area contributed by atoms with E-state index in [4.69, 9.17) is 10.2 Å². The molecule has 0 bridgehead atoms. The number of pyridine rings is 4. The molecule has 7 nitrogen and oxygen atoms in total. The van der Waals surface area contributed by atoms with Crippen molar-refractivity contribution in [3.8, 4) is 29.1 Å². The Bertz CT molecular complexity index is 1700. The average molecular weight is 442 g/mol. The maximum absolute atomic E-state index is 13.1. The van der Waals surface area contributed by atoms with E-state index in [1.54, 1.807) is 35.2 Å². The topological polar surface area (TPSA) is 108 Å². The first-order chi connectivity index (χ1) is 16.4. The average Bonchev–Trinajstić information content (AvgIpc) is 2.88. The van der Waals surface area contributed by atoms with Crippen LogP contribution < -0.4 is 5.56 Å². The van der Waals surface area contributed by atoms with Gasteiger partial charge < -0.3 is 0 Å². The molecule has 0 spiro atoms. The highest BCUT2D eigenvalue weighted by molar-refractivity contribution is 6.02. The zero-order valence-electron chi connectivity index (χ0n) is 18.5. The molecule has 0 atom stereocenters. The standard InChI is InChI=1S/C27H18N6O/c1-27(2,16-29)19-5-8-21(9-6-19)33-24(34)12-4-18-15-31-23-11-10-22(32-25(23)26(18)33)17-3-7-20(13-28)30-14-17/h3-12,14-15H,1-2H3. The van der Waals surface area contributed by atoms with Crippen molar-refractivity contribution in [3.05, 3.63) is 94.7 Å². The van der Waals surface area contributed by atoms with Gasteiger partial charge in [-0.05, 0) is 61.9 Å². The number of nitriles is 2. The maximum atomic E-state index is 13.1. The minimum Gasteiger partial charge on any atom is -0.275 e. The van der Waals surface area contributed by atoms with E-state index in [1.165, 1.54) is 6.07 Å². The highest BCUT2D eigenvalue weighted by atomic mass is 16.1. The lowest BCUT2D eigenvalue weighted by Crippen LogP contribution is -2.19. The van der Waals surface area contributed by atoms with Crippen molar-refractivity contribution in [2.45, 2.75) is 19.3 Å². The predicted octanol–water partition coefficient (Wildman–Crippen LogP) is 4.67. The van der Waals surface area contributed by atoms with Gasteiger partial charge in [-0.25, -0.2) is 9.97 Å². The Morgan fingerprint density at radius 3 is 2.35 bits per heavy atom. The summed E-state index contributed by atoms with van der Waals surface area (Å²) in [6.45, 7) is 3.71. The van der Waals surface area contributed by atoms with Crippen molar-refractivity contribution < 1.29 is 0 Å². The summed E-state index contributed by atoms with van der Waals surface area (Å²) in [5.41, 5.74) is 4.34. The Morgan fingerprint density at radius 1 is 0.882 bits per heavy atom. The van der Waals surface area contributed by atoms with Gasteiger partial charge in [0.1, 0.15) is 17.3 Å². The van der Waals surface area contributed by atoms with Crippen molar-refractivity contribution in [1.82, 2.24) is 19.5 Å². The minimum absolute atomic E-state index is 0.195. The fourth-order valence-corrected chi connectivity index (χ4v) is 3.89. The van der Waals surface area contributed by atoms with Gasteiger partial charge in [0.25, 0.3) is 5.56 Å². The van der Waals surface area contributed by atoms with E-state index in [9.17, 15) is 10.1 Å². The van der Waals surface area contributed by atoms with Crippen LogP contribution in [0.4, 0.5) is 0 Å². The molecule has 5 aromatic rings. The van der Waals surface area contributed by atoms with E-state index < -0.39 is 5.41 Å². The molecule has 0 amide bonds. The summed E-state index contributed by atoms with van der Waals surface area (Å²) in [6.07, 6.45) is 3.33. The summed E-state index contributed by atoms with van der Waals surface area (Å²) in [5, 5.41) is 19.2. The normalized spacial score (nSPS) is 11.3. The van der Waals surface area contributed by atoms with Crippen LogP contribution in [0.1, 0.15) is 25.1 Å². The molecule has 1 aromatic carbocycles. The van der Waals surface area contributed by atoms with Crippen LogP contribution in [-0.2, 0) is 5.41 Å². The third-order valence-electron chi connectivity index (χ3n) is 5.86. The number of aromatic nitrogens is 4. The summed E-state index contributed by atoms with van der Waals surface area (Å²) < 4.78 is 1.62. The molecule has 0 radical (unpaired) electrons. The SMILES string of the molecule is CC(C)(C#N)c1ccc(-n2c(=O)ccc3cnc4ccc(-c5ccc(C#N)nc5)nc4c32)cc1. The molecule has 0 aliphatic rings. The molecule has 0 N–H and O–H groups in total. The first kappa shape index (κ1) is 21.0. The summed E-state index contributed by atoms with van der Waals surface area (Å²) >= 11 is 0. The molecule has 0 saturated heterocycles. The molecule has 5 rings (SSSR count). The van der Waals surface area contributed by atoms with Gasteiger partial charge in [0.2, 0.25) is 0 Å². The third-order valence-corrected chi connectivity index (χ3v) is 5.86. The number of fused-ring (bicyclic) bond motifs is 3. The molecule has 4 heterocycles. The number of hydrogen-bond donors (Lipinski definition) is 0. The molecular formula is C27H18N6O. The van der Waals surface area contributed by atoms with E-state index in [-0.39, 0.29) is 5.56 Å². The summed E-state index contributed by atoms with van der Waals surface area (Å²) in [5.74, 6) is 0. The van der Waals surface area contributed by atoms with Gasteiger partial charge in [-0.15, -0.1) is 0 Å². The quantitative estimate of drug-likeness (QED) is 0.376. The van der Waals surface area contributed by atoms with Crippen molar-refractivity contribution >= 4 is 21.9 Å². The predicted molar refractivity (Wildman–Crippen MR) is 129 cm³/mol. The number of hydrogen-bond acceptors (Lipinski definition) is 6. The van der Waals surface area contributed by atoms with Crippen LogP contribution >= 0.6 is 0 Å². The summed E-state index contributed by atoms with van der Waals surface area (Å²) in [4.78, 5) is 26.6. The molecule has 0 aliphatic carbocycles. The summed E-state index contributed by atoms with van der Waals surface area (Å²) in [6, 6.07) is 22.1. The minimum atomic E-state index is -0.634. The van der Waals surface area contributed by atoms with E-state index in [0.29, 0.717) is 33.6 Å². The van der Waals surface area contributed by atoms with Crippen LogP contribution in [0, 0.1) is 22.7 Å². The Balaban J connectivity index is 1.76. The molecule has 0 aliphatic heterocycles. The highest BCUT2D eigenvalue weighted by Gasteiger charge is 2.20. The highest BCUT2D eigenvalue weighted by Crippen LogP contribution is 2.28. The van der Waals surface area contributed by atoms with Crippen molar-refractivity contribution in [2.75, 3.05) is 0 Å². The molecule has 4 aromatic heterocycles. The molecular weight excluding hydrogens is 424 g/mol. The van der Waals surface area contributed by atoms with Crippen molar-refractivity contribution in [2.24, 2.45) is 0 Å². The van der Waals surface area contributed by atoms with Crippen molar-refractivity contribution in [3.63, 3.8) is 0 Å². The van der Waals surface area contributed by atoms with Gasteiger partial charge in [-0.2, -0.15) is 10.5 Å². The van der Waals surface area contributed by atoms with E-state index >= 15 is 0 Å². The summed E-state index contributed by atoms with van der Waals surface area (Å²) in [7, 11) is 0. The third kappa shape index (κ3) is 3.46. The lowest BCUT2D eigenvalue weighted by molar-refractivity contribution is 0.686. The second-order valence-electron chi connectivity index (χ2n) is 8.46. The van der Waals surface area contributed by atoms with Crippen LogP contribution in [0.2, 0.25) is 0 Å². The largest absolute Gasteiger partial charge is 0.275 e. The van der Waals surface area contributed by atoms with Gasteiger partial charge in [0.05, 0.1) is 28.2 Å². The zero-order chi connectivity index (χ0) is 23.9. The number of nitrogens with zero attached hydrogens (tertiary/aromatic N) is 6. The fraction of sp³-hybridized carbons (Fsp3) is 0.111. The van der Waals surface area contributed by atoms with Gasteiger partial charge in [-0.1, -0.05) is 12.1 Å². The maximum Gasteiger partial charge on any atom is 0.255 e. The molecule has 0 saturated carbocycles. The smallest absolute Gasteiger partial charge is 0.255 e. The molecule has 0 fully saturated rings. The zero-order valence-corrected chi connectivity index (χ0v) is 18.5. The molecule has 7 heteroatoms. The van der Waals surface area contributed by atoms with Crippen LogP contribution in [0.25, 0.3) is 38.9 Å². The van der Waals surface area contributed by atoms with E-state index in [2.05, 4.69) is 16.0 Å². The molecule has 0 unspecified atom stereocenters. The first-order valence-electron chi connectivity index (χ1n) is 10.6. The lowest BCUT2D eigenvalue weighted by Gasteiger charge is -2.17. The lowest BCUT2D eigenvalue weighted by atomic mass is 9.86. The number of benzene rings is 1. The van der Waals surface area contributed by atoms with Gasteiger partial charge in [-0.3, -0.25) is 14.3 Å². The Labute approximate surface area is 195 Å². The Morgan fingerprint density at radius 2 is 1.68 bits per heavy atom. The first-order valence-corrected chi connectivity index (χ1v) is 10.6. The van der Waals surface area contributed by atoms with Gasteiger partial charge in [0.15, 0.2) is 0 Å². The second-order valence-corrected chi connectivity index (χ2v) is 8.46.